The van der Waals surface area contributed by atoms with E-state index in [1.165, 1.54) is 0 Å². The fourth-order valence-corrected chi connectivity index (χ4v) is 1.93. The van der Waals surface area contributed by atoms with Crippen molar-refractivity contribution in [3.63, 3.8) is 0 Å². The molecule has 1 rings (SSSR count). The van der Waals surface area contributed by atoms with Crippen molar-refractivity contribution >= 4 is 5.97 Å². The smallest absolute Gasteiger partial charge is 0.367 e. The molecule has 0 saturated carbocycles. The van der Waals surface area contributed by atoms with Crippen molar-refractivity contribution in [3.05, 3.63) is 0 Å². The van der Waals surface area contributed by atoms with Crippen molar-refractivity contribution in [1.29, 1.82) is 0 Å². The lowest BCUT2D eigenvalue weighted by molar-refractivity contribution is -0.341. The third-order valence-corrected chi connectivity index (χ3v) is 3.03. The fourth-order valence-electron chi connectivity index (χ4n) is 1.93. The zero-order valence-electron chi connectivity index (χ0n) is 10.6. The molecule has 0 aromatic heterocycles. The van der Waals surface area contributed by atoms with E-state index in [0.29, 0.717) is 12.8 Å². The second kappa shape index (κ2) is 6.60. The molecular formula is C11H20O8. The molecule has 0 spiro atoms. The highest BCUT2D eigenvalue weighted by Gasteiger charge is 2.57. The summed E-state index contributed by atoms with van der Waals surface area (Å²) in [6.07, 6.45) is -4.92. The molecule has 1 aliphatic rings. The summed E-state index contributed by atoms with van der Waals surface area (Å²) in [7, 11) is 0. The molecule has 8 nitrogen and oxygen atoms in total. The second-order valence-corrected chi connectivity index (χ2v) is 4.50. The van der Waals surface area contributed by atoms with Gasteiger partial charge in [0.2, 0.25) is 0 Å². The number of hydrogen-bond donors (Lipinski definition) is 5. The lowest BCUT2D eigenvalue weighted by Crippen LogP contribution is -2.66. The van der Waals surface area contributed by atoms with Gasteiger partial charge >= 0.3 is 5.97 Å². The van der Waals surface area contributed by atoms with Crippen molar-refractivity contribution in [2.45, 2.75) is 50.0 Å². The van der Waals surface area contributed by atoms with E-state index in [-0.39, 0.29) is 0 Å². The van der Waals surface area contributed by atoms with Crippen LogP contribution in [0, 0.1) is 0 Å². The van der Waals surface area contributed by atoms with Crippen LogP contribution in [-0.4, -0.2) is 74.9 Å². The van der Waals surface area contributed by atoms with E-state index < -0.39 is 49.4 Å². The number of hydrogen-bond acceptors (Lipinski definition) is 7. The highest BCUT2D eigenvalue weighted by atomic mass is 16.7. The van der Waals surface area contributed by atoms with Gasteiger partial charge in [0, 0.05) is 0 Å². The Bertz CT molecular complexity index is 309. The summed E-state index contributed by atoms with van der Waals surface area (Å²) in [6.45, 7) is 0.878. The number of aliphatic carboxylic acids is 1. The highest BCUT2D eigenvalue weighted by Crippen LogP contribution is 2.30. The highest BCUT2D eigenvalue weighted by molar-refractivity contribution is 5.77. The molecule has 0 amide bonds. The van der Waals surface area contributed by atoms with Gasteiger partial charge in [-0.3, -0.25) is 0 Å². The van der Waals surface area contributed by atoms with Gasteiger partial charge in [-0.25, -0.2) is 4.79 Å². The first kappa shape index (κ1) is 16.3. The number of aliphatic hydroxyl groups is 4. The number of aliphatic hydroxyl groups excluding tert-OH is 4. The lowest BCUT2D eigenvalue weighted by atomic mass is 9.96. The van der Waals surface area contributed by atoms with Gasteiger partial charge in [-0.1, -0.05) is 13.3 Å². The minimum absolute atomic E-state index is 0.361. The largest absolute Gasteiger partial charge is 0.477 e. The summed E-state index contributed by atoms with van der Waals surface area (Å²) < 4.78 is 10.1. The van der Waals surface area contributed by atoms with Crippen LogP contribution in [0.3, 0.4) is 0 Å². The molecule has 5 atom stereocenters. The normalized spacial score (nSPS) is 37.0. The van der Waals surface area contributed by atoms with E-state index in [1.54, 1.807) is 0 Å². The second-order valence-electron chi connectivity index (χ2n) is 4.50. The molecule has 19 heavy (non-hydrogen) atoms. The average Bonchev–Trinajstić information content (AvgIpc) is 2.38. The molecule has 0 aliphatic carbocycles. The fraction of sp³-hybridized carbons (Fsp3) is 0.909. The SMILES string of the molecule is CCCC(CO)OC1(C(=O)O)OCC(O)C(O)C1O. The van der Waals surface area contributed by atoms with Gasteiger partial charge < -0.3 is 35.0 Å². The topological polar surface area (TPSA) is 137 Å². The van der Waals surface area contributed by atoms with Crippen LogP contribution in [0.4, 0.5) is 0 Å². The Morgan fingerprint density at radius 1 is 1.47 bits per heavy atom. The molecule has 0 bridgehead atoms. The van der Waals surface area contributed by atoms with Crippen LogP contribution in [0.2, 0.25) is 0 Å². The summed E-state index contributed by atoms with van der Waals surface area (Å²) in [5.74, 6) is -4.11. The maximum atomic E-state index is 11.3. The molecule has 1 aliphatic heterocycles. The Kier molecular flexibility index (Phi) is 5.65. The quantitative estimate of drug-likeness (QED) is 0.379. The first-order valence-electron chi connectivity index (χ1n) is 6.09. The van der Waals surface area contributed by atoms with Crippen molar-refractivity contribution in [2.24, 2.45) is 0 Å². The zero-order chi connectivity index (χ0) is 14.6. The van der Waals surface area contributed by atoms with Crippen LogP contribution in [0.15, 0.2) is 0 Å². The monoisotopic (exact) mass is 280 g/mol. The summed E-state index contributed by atoms with van der Waals surface area (Å²) in [4.78, 5) is 11.3. The molecule has 1 heterocycles. The number of rotatable bonds is 6. The number of carboxylic acid groups (broad SMARTS) is 1. The Morgan fingerprint density at radius 3 is 2.58 bits per heavy atom. The Morgan fingerprint density at radius 2 is 2.11 bits per heavy atom. The molecule has 5 unspecified atom stereocenters. The van der Waals surface area contributed by atoms with E-state index >= 15 is 0 Å². The maximum absolute atomic E-state index is 11.3. The maximum Gasteiger partial charge on any atom is 0.367 e. The van der Waals surface area contributed by atoms with Gasteiger partial charge in [0.15, 0.2) is 0 Å². The van der Waals surface area contributed by atoms with Crippen LogP contribution < -0.4 is 0 Å². The van der Waals surface area contributed by atoms with Crippen LogP contribution in [-0.2, 0) is 14.3 Å². The molecule has 5 N–H and O–H groups in total. The van der Waals surface area contributed by atoms with Gasteiger partial charge in [-0.2, -0.15) is 0 Å². The molecule has 0 aromatic carbocycles. The molecule has 8 heteroatoms. The van der Waals surface area contributed by atoms with Crippen LogP contribution >= 0.6 is 0 Å². The molecule has 1 saturated heterocycles. The number of carbonyl (C=O) groups is 1. The molecule has 0 radical (unpaired) electrons. The first-order valence-corrected chi connectivity index (χ1v) is 6.09. The van der Waals surface area contributed by atoms with Crippen molar-refractivity contribution in [3.8, 4) is 0 Å². The number of ether oxygens (including phenoxy) is 2. The zero-order valence-corrected chi connectivity index (χ0v) is 10.6. The van der Waals surface area contributed by atoms with Crippen LogP contribution in [0.5, 0.6) is 0 Å². The molecule has 1 fully saturated rings. The molecule has 0 aromatic rings. The van der Waals surface area contributed by atoms with Gasteiger partial charge in [0.25, 0.3) is 5.79 Å². The van der Waals surface area contributed by atoms with E-state index in [0.717, 1.165) is 0 Å². The van der Waals surface area contributed by atoms with E-state index in [4.69, 9.17) is 14.6 Å². The van der Waals surface area contributed by atoms with E-state index in [9.17, 15) is 25.2 Å². The molecular weight excluding hydrogens is 260 g/mol. The first-order chi connectivity index (χ1) is 8.89. The summed E-state index contributed by atoms with van der Waals surface area (Å²) in [6, 6.07) is 0. The minimum atomic E-state index is -2.48. The Hall–Kier alpha value is -0.770. The minimum Gasteiger partial charge on any atom is -0.477 e. The van der Waals surface area contributed by atoms with Gasteiger partial charge in [-0.15, -0.1) is 0 Å². The van der Waals surface area contributed by atoms with Crippen molar-refractivity contribution < 1.29 is 39.8 Å². The summed E-state index contributed by atoms with van der Waals surface area (Å²) in [5.41, 5.74) is 0. The van der Waals surface area contributed by atoms with Crippen LogP contribution in [0.25, 0.3) is 0 Å². The van der Waals surface area contributed by atoms with E-state index in [1.807, 2.05) is 6.92 Å². The third kappa shape index (κ3) is 3.22. The average molecular weight is 280 g/mol. The van der Waals surface area contributed by atoms with Gasteiger partial charge in [0.05, 0.1) is 19.3 Å². The van der Waals surface area contributed by atoms with Crippen molar-refractivity contribution in [2.75, 3.05) is 13.2 Å². The summed E-state index contributed by atoms with van der Waals surface area (Å²) in [5, 5.41) is 47.0. The predicted molar refractivity (Wildman–Crippen MR) is 61.2 cm³/mol. The predicted octanol–water partition coefficient (Wildman–Crippen LogP) is -1.94. The van der Waals surface area contributed by atoms with Crippen LogP contribution in [0.1, 0.15) is 19.8 Å². The molecule has 112 valence electrons. The summed E-state index contributed by atoms with van der Waals surface area (Å²) >= 11 is 0. The standard InChI is InChI=1S/C11H20O8/c1-2-3-6(4-12)19-11(10(16)17)9(15)8(14)7(13)5-18-11/h6-9,12-15H,2-5H2,1H3,(H,16,17). The Labute approximate surface area is 110 Å². The third-order valence-electron chi connectivity index (χ3n) is 3.03. The lowest BCUT2D eigenvalue weighted by Gasteiger charge is -2.43. The van der Waals surface area contributed by atoms with Gasteiger partial charge in [-0.05, 0) is 6.42 Å². The van der Waals surface area contributed by atoms with Crippen molar-refractivity contribution in [1.82, 2.24) is 0 Å². The number of carboxylic acids is 1. The Balaban J connectivity index is 2.94. The van der Waals surface area contributed by atoms with Gasteiger partial charge in [0.1, 0.15) is 18.3 Å². The van der Waals surface area contributed by atoms with E-state index in [2.05, 4.69) is 0 Å².